The molecule has 2 N–H and O–H groups in total. The van der Waals surface area contributed by atoms with Crippen LogP contribution in [0.25, 0.3) is 10.9 Å². The van der Waals surface area contributed by atoms with Crippen LogP contribution in [0.5, 0.6) is 5.75 Å². The summed E-state index contributed by atoms with van der Waals surface area (Å²) in [5, 5.41) is 1.04. The van der Waals surface area contributed by atoms with Gasteiger partial charge in [0.1, 0.15) is 12.4 Å². The van der Waals surface area contributed by atoms with Crippen molar-refractivity contribution in [1.82, 2.24) is 19.7 Å². The summed E-state index contributed by atoms with van der Waals surface area (Å²) in [6, 6.07) is 9.44. The SMILES string of the molecule is O=S(=O)(NCC#CCOc1ccc2cccnc2c1)c1cnc[nH]1. The number of aromatic nitrogens is 3. The molecular formula is C16H14N4O3S. The maximum atomic E-state index is 11.8. The van der Waals surface area contributed by atoms with Gasteiger partial charge in [0.25, 0.3) is 10.0 Å². The Bertz CT molecular complexity index is 989. The third-order valence-corrected chi connectivity index (χ3v) is 4.45. The van der Waals surface area contributed by atoms with Crippen LogP contribution in [0.15, 0.2) is 54.1 Å². The van der Waals surface area contributed by atoms with Gasteiger partial charge in [0.15, 0.2) is 5.03 Å². The fraction of sp³-hybridized carbons (Fsp3) is 0.125. The lowest BCUT2D eigenvalue weighted by Crippen LogP contribution is -2.24. The number of imidazole rings is 1. The van der Waals surface area contributed by atoms with E-state index in [1.807, 2.05) is 30.3 Å². The molecule has 122 valence electrons. The van der Waals surface area contributed by atoms with Crippen LogP contribution in [0.3, 0.4) is 0 Å². The van der Waals surface area contributed by atoms with E-state index in [-0.39, 0.29) is 18.2 Å². The van der Waals surface area contributed by atoms with E-state index in [2.05, 4.69) is 31.5 Å². The molecule has 0 fully saturated rings. The van der Waals surface area contributed by atoms with Crippen LogP contribution in [-0.4, -0.2) is 36.5 Å². The largest absolute Gasteiger partial charge is 0.481 e. The molecule has 24 heavy (non-hydrogen) atoms. The highest BCUT2D eigenvalue weighted by Crippen LogP contribution is 2.18. The molecular weight excluding hydrogens is 328 g/mol. The predicted molar refractivity (Wildman–Crippen MR) is 88.8 cm³/mol. The maximum Gasteiger partial charge on any atom is 0.258 e. The lowest BCUT2D eigenvalue weighted by atomic mass is 10.2. The zero-order valence-corrected chi connectivity index (χ0v) is 13.4. The number of pyridine rings is 1. The normalized spacial score (nSPS) is 11.0. The van der Waals surface area contributed by atoms with E-state index in [0.717, 1.165) is 10.9 Å². The minimum atomic E-state index is -3.60. The summed E-state index contributed by atoms with van der Waals surface area (Å²) in [4.78, 5) is 10.4. The Hall–Kier alpha value is -2.89. The zero-order chi connectivity index (χ0) is 16.8. The molecule has 2 aromatic heterocycles. The molecule has 0 saturated heterocycles. The number of ether oxygens (including phenoxy) is 1. The number of fused-ring (bicyclic) bond motifs is 1. The lowest BCUT2D eigenvalue weighted by molar-refractivity contribution is 0.370. The fourth-order valence-corrected chi connectivity index (χ4v) is 2.79. The molecule has 0 bridgehead atoms. The van der Waals surface area contributed by atoms with Gasteiger partial charge in [-0.3, -0.25) is 4.98 Å². The highest BCUT2D eigenvalue weighted by Gasteiger charge is 2.13. The minimum Gasteiger partial charge on any atom is -0.481 e. The van der Waals surface area contributed by atoms with Crippen molar-refractivity contribution in [3.05, 3.63) is 49.1 Å². The van der Waals surface area contributed by atoms with Gasteiger partial charge in [0.05, 0.1) is 24.6 Å². The Kier molecular flexibility index (Phi) is 4.74. The Morgan fingerprint density at radius 3 is 3.00 bits per heavy atom. The summed E-state index contributed by atoms with van der Waals surface area (Å²) < 4.78 is 31.4. The molecule has 0 aliphatic rings. The molecule has 0 aliphatic carbocycles. The molecule has 0 radical (unpaired) electrons. The van der Waals surface area contributed by atoms with Gasteiger partial charge in [-0.1, -0.05) is 17.9 Å². The molecule has 8 heteroatoms. The van der Waals surface area contributed by atoms with Gasteiger partial charge in [0.2, 0.25) is 0 Å². The number of benzene rings is 1. The minimum absolute atomic E-state index is 0.00390. The first-order chi connectivity index (χ1) is 11.6. The Morgan fingerprint density at radius 1 is 1.25 bits per heavy atom. The van der Waals surface area contributed by atoms with Crippen LogP contribution in [0.2, 0.25) is 0 Å². The first-order valence-corrected chi connectivity index (χ1v) is 8.55. The summed E-state index contributed by atoms with van der Waals surface area (Å²) in [6.07, 6.45) is 4.25. The van der Waals surface area contributed by atoms with E-state index in [0.29, 0.717) is 5.75 Å². The van der Waals surface area contributed by atoms with Crippen molar-refractivity contribution in [3.63, 3.8) is 0 Å². The predicted octanol–water partition coefficient (Wildman–Crippen LogP) is 1.32. The quantitative estimate of drug-likeness (QED) is 0.682. The van der Waals surface area contributed by atoms with Gasteiger partial charge < -0.3 is 9.72 Å². The average Bonchev–Trinajstić information content (AvgIpc) is 3.13. The van der Waals surface area contributed by atoms with Gasteiger partial charge in [0, 0.05) is 17.6 Å². The molecule has 3 aromatic rings. The van der Waals surface area contributed by atoms with Crippen molar-refractivity contribution in [2.75, 3.05) is 13.2 Å². The molecule has 0 aliphatic heterocycles. The van der Waals surface area contributed by atoms with Crippen molar-refractivity contribution < 1.29 is 13.2 Å². The lowest BCUT2D eigenvalue weighted by Gasteiger charge is -2.03. The Morgan fingerprint density at radius 2 is 2.17 bits per heavy atom. The molecule has 1 aromatic carbocycles. The van der Waals surface area contributed by atoms with Gasteiger partial charge in [-0.2, -0.15) is 4.72 Å². The number of hydrogen-bond acceptors (Lipinski definition) is 5. The van der Waals surface area contributed by atoms with Crippen molar-refractivity contribution in [2.24, 2.45) is 0 Å². The van der Waals surface area contributed by atoms with E-state index in [1.54, 1.807) is 6.20 Å². The first-order valence-electron chi connectivity index (χ1n) is 7.06. The molecule has 0 atom stereocenters. The summed E-state index contributed by atoms with van der Waals surface area (Å²) in [6.45, 7) is 0.147. The number of aromatic amines is 1. The van der Waals surface area contributed by atoms with Crippen LogP contribution in [-0.2, 0) is 10.0 Å². The first kappa shape index (κ1) is 16.0. The highest BCUT2D eigenvalue weighted by atomic mass is 32.2. The summed E-state index contributed by atoms with van der Waals surface area (Å²) in [5.41, 5.74) is 0.843. The summed E-state index contributed by atoms with van der Waals surface area (Å²) in [7, 11) is -3.60. The van der Waals surface area contributed by atoms with Gasteiger partial charge in [-0.15, -0.1) is 0 Å². The number of nitrogens with one attached hydrogen (secondary N) is 2. The molecule has 0 spiro atoms. The van der Waals surface area contributed by atoms with Gasteiger partial charge in [-0.25, -0.2) is 13.4 Å². The van der Waals surface area contributed by atoms with Gasteiger partial charge in [-0.05, 0) is 18.2 Å². The van der Waals surface area contributed by atoms with Crippen LogP contribution in [0, 0.1) is 11.8 Å². The number of sulfonamides is 1. The van der Waals surface area contributed by atoms with Crippen molar-refractivity contribution >= 4 is 20.9 Å². The molecule has 2 heterocycles. The van der Waals surface area contributed by atoms with Crippen LogP contribution in [0.4, 0.5) is 0 Å². The second kappa shape index (κ2) is 7.12. The zero-order valence-electron chi connectivity index (χ0n) is 12.6. The fourth-order valence-electron chi connectivity index (χ4n) is 1.97. The monoisotopic (exact) mass is 342 g/mol. The number of rotatable bonds is 5. The standard InChI is InChI=1S/C16H14N4O3S/c21-24(22,16-11-17-12-19-16)20-8-1-2-9-23-14-6-5-13-4-3-7-18-15(13)10-14/h3-7,10-12,20H,8-9H2,(H,17,19). The second-order valence-electron chi connectivity index (χ2n) is 4.74. The van der Waals surface area contributed by atoms with E-state index in [1.165, 1.54) is 12.5 Å². The molecule has 0 saturated carbocycles. The van der Waals surface area contributed by atoms with Crippen LogP contribution >= 0.6 is 0 Å². The maximum absolute atomic E-state index is 11.8. The molecule has 7 nitrogen and oxygen atoms in total. The third kappa shape index (κ3) is 3.90. The average molecular weight is 342 g/mol. The Labute approximate surface area is 139 Å². The molecule has 0 unspecified atom stereocenters. The topological polar surface area (TPSA) is 97.0 Å². The number of hydrogen-bond donors (Lipinski definition) is 2. The smallest absolute Gasteiger partial charge is 0.258 e. The van der Waals surface area contributed by atoms with E-state index in [4.69, 9.17) is 4.74 Å². The Balaban J connectivity index is 1.51. The second-order valence-corrected chi connectivity index (χ2v) is 6.48. The highest BCUT2D eigenvalue weighted by molar-refractivity contribution is 7.89. The van der Waals surface area contributed by atoms with E-state index in [9.17, 15) is 8.42 Å². The molecule has 0 amide bonds. The number of nitrogens with zero attached hydrogens (tertiary/aromatic N) is 2. The van der Waals surface area contributed by atoms with Gasteiger partial charge >= 0.3 is 0 Å². The molecule has 3 rings (SSSR count). The van der Waals surface area contributed by atoms with Crippen molar-refractivity contribution in [3.8, 4) is 17.6 Å². The van der Waals surface area contributed by atoms with Crippen LogP contribution in [0.1, 0.15) is 0 Å². The third-order valence-electron chi connectivity index (χ3n) is 3.13. The van der Waals surface area contributed by atoms with Crippen LogP contribution < -0.4 is 9.46 Å². The van der Waals surface area contributed by atoms with E-state index < -0.39 is 10.0 Å². The van der Waals surface area contributed by atoms with Crippen molar-refractivity contribution in [1.29, 1.82) is 0 Å². The summed E-state index contributed by atoms with van der Waals surface area (Å²) >= 11 is 0. The van der Waals surface area contributed by atoms with Crippen molar-refractivity contribution in [2.45, 2.75) is 5.03 Å². The number of H-pyrrole nitrogens is 1. The summed E-state index contributed by atoms with van der Waals surface area (Å²) in [5.74, 6) is 6.11. The van der Waals surface area contributed by atoms with E-state index >= 15 is 0 Å².